The second kappa shape index (κ2) is 9.40. The third kappa shape index (κ3) is 7.88. The topological polar surface area (TPSA) is 54.9 Å². The van der Waals surface area contributed by atoms with Crippen LogP contribution in [0.3, 0.4) is 0 Å². The molecule has 1 aromatic rings. The van der Waals surface area contributed by atoms with Crippen LogP contribution in [0.5, 0.6) is 5.75 Å². The van der Waals surface area contributed by atoms with E-state index in [0.717, 1.165) is 18.3 Å². The maximum Gasteiger partial charge on any atom is 0.191 e. The molecular weight excluding hydrogens is 290 g/mol. The summed E-state index contributed by atoms with van der Waals surface area (Å²) in [5.74, 6) is 1.66. The number of nitrogens with one attached hydrogen (secondary N) is 2. The molecule has 0 saturated heterocycles. The van der Waals surface area contributed by atoms with Crippen molar-refractivity contribution in [1.29, 1.82) is 0 Å². The van der Waals surface area contributed by atoms with Crippen LogP contribution in [0.2, 0.25) is 0 Å². The van der Waals surface area contributed by atoms with Crippen LogP contribution in [-0.2, 0) is 4.74 Å². The molecule has 5 heteroatoms. The van der Waals surface area contributed by atoms with Gasteiger partial charge >= 0.3 is 0 Å². The van der Waals surface area contributed by atoms with Crippen LogP contribution in [0.4, 0.5) is 0 Å². The van der Waals surface area contributed by atoms with Gasteiger partial charge in [0.15, 0.2) is 5.96 Å². The van der Waals surface area contributed by atoms with Gasteiger partial charge in [0.2, 0.25) is 0 Å². The van der Waals surface area contributed by atoms with Crippen LogP contribution < -0.4 is 15.4 Å². The zero-order valence-electron chi connectivity index (χ0n) is 15.3. The van der Waals surface area contributed by atoms with Crippen molar-refractivity contribution in [1.82, 2.24) is 10.6 Å². The van der Waals surface area contributed by atoms with E-state index in [0.29, 0.717) is 13.1 Å². The van der Waals surface area contributed by atoms with Gasteiger partial charge in [-0.15, -0.1) is 0 Å². The number of hydrogen-bond donors (Lipinski definition) is 2. The zero-order chi connectivity index (χ0) is 17.3. The number of nitrogens with zero attached hydrogens (tertiary/aromatic N) is 1. The van der Waals surface area contributed by atoms with Gasteiger partial charge in [-0.2, -0.15) is 0 Å². The average Bonchev–Trinajstić information content (AvgIpc) is 2.52. The summed E-state index contributed by atoms with van der Waals surface area (Å²) in [4.78, 5) is 4.56. The largest absolute Gasteiger partial charge is 0.489 e. The van der Waals surface area contributed by atoms with Gasteiger partial charge in [-0.25, -0.2) is 0 Å². The molecule has 0 bridgehead atoms. The van der Waals surface area contributed by atoms with Crippen LogP contribution in [0.25, 0.3) is 0 Å². The van der Waals surface area contributed by atoms with Gasteiger partial charge in [-0.1, -0.05) is 17.7 Å². The van der Waals surface area contributed by atoms with E-state index in [1.165, 1.54) is 5.56 Å². The molecule has 0 aliphatic heterocycles. The Kier molecular flexibility index (Phi) is 7.89. The Morgan fingerprint density at radius 3 is 2.43 bits per heavy atom. The Balaban J connectivity index is 2.50. The highest BCUT2D eigenvalue weighted by molar-refractivity contribution is 5.79. The number of aryl methyl sites for hydroxylation is 1. The molecule has 5 nitrogen and oxygen atoms in total. The molecule has 0 spiro atoms. The van der Waals surface area contributed by atoms with Crippen molar-refractivity contribution in [3.05, 3.63) is 29.8 Å². The van der Waals surface area contributed by atoms with Crippen LogP contribution in [0, 0.1) is 6.92 Å². The SMILES string of the molecule is CCNC(=NCC(C)(C)OC)NCC(C)Oc1ccc(C)cc1. The quantitative estimate of drug-likeness (QED) is 0.571. The molecule has 2 N–H and O–H groups in total. The highest BCUT2D eigenvalue weighted by atomic mass is 16.5. The minimum absolute atomic E-state index is 0.0389. The van der Waals surface area contributed by atoms with Crippen molar-refractivity contribution >= 4 is 5.96 Å². The van der Waals surface area contributed by atoms with E-state index in [1.54, 1.807) is 7.11 Å². The molecule has 0 saturated carbocycles. The smallest absolute Gasteiger partial charge is 0.191 e. The van der Waals surface area contributed by atoms with E-state index in [1.807, 2.05) is 52.0 Å². The number of benzene rings is 1. The van der Waals surface area contributed by atoms with E-state index < -0.39 is 0 Å². The number of rotatable bonds is 8. The lowest BCUT2D eigenvalue weighted by Crippen LogP contribution is -2.42. The normalized spacial score (nSPS) is 13.6. The molecule has 0 radical (unpaired) electrons. The fourth-order valence-electron chi connectivity index (χ4n) is 1.81. The van der Waals surface area contributed by atoms with Crippen molar-refractivity contribution in [3.8, 4) is 5.75 Å². The van der Waals surface area contributed by atoms with Gasteiger partial charge in [-0.3, -0.25) is 4.99 Å². The molecule has 0 fully saturated rings. The van der Waals surface area contributed by atoms with Crippen molar-refractivity contribution in [2.45, 2.75) is 46.3 Å². The second-order valence-electron chi connectivity index (χ2n) is 6.28. The second-order valence-corrected chi connectivity index (χ2v) is 6.28. The predicted molar refractivity (Wildman–Crippen MR) is 96.3 cm³/mol. The Hall–Kier alpha value is -1.75. The molecule has 0 aliphatic rings. The number of ether oxygens (including phenoxy) is 2. The summed E-state index contributed by atoms with van der Waals surface area (Å²) in [7, 11) is 1.70. The fraction of sp³-hybridized carbons (Fsp3) is 0.611. The number of hydrogen-bond acceptors (Lipinski definition) is 3. The summed E-state index contributed by atoms with van der Waals surface area (Å²) >= 11 is 0. The van der Waals surface area contributed by atoms with Crippen molar-refractivity contribution in [3.63, 3.8) is 0 Å². The summed E-state index contributed by atoms with van der Waals surface area (Å²) in [5, 5.41) is 6.54. The summed E-state index contributed by atoms with van der Waals surface area (Å²) in [5.41, 5.74) is 0.956. The Morgan fingerprint density at radius 1 is 1.22 bits per heavy atom. The lowest BCUT2D eigenvalue weighted by atomic mass is 10.1. The number of methoxy groups -OCH3 is 1. The monoisotopic (exact) mass is 321 g/mol. The maximum atomic E-state index is 5.89. The summed E-state index contributed by atoms with van der Waals surface area (Å²) in [6, 6.07) is 8.08. The molecule has 0 aromatic heterocycles. The highest BCUT2D eigenvalue weighted by Crippen LogP contribution is 2.13. The van der Waals surface area contributed by atoms with E-state index >= 15 is 0 Å². The fourth-order valence-corrected chi connectivity index (χ4v) is 1.81. The highest BCUT2D eigenvalue weighted by Gasteiger charge is 2.16. The average molecular weight is 321 g/mol. The van der Waals surface area contributed by atoms with Crippen LogP contribution in [0.1, 0.15) is 33.3 Å². The van der Waals surface area contributed by atoms with Crippen LogP contribution >= 0.6 is 0 Å². The lowest BCUT2D eigenvalue weighted by Gasteiger charge is -2.22. The van der Waals surface area contributed by atoms with Gasteiger partial charge < -0.3 is 20.1 Å². The summed E-state index contributed by atoms with van der Waals surface area (Å²) in [6.45, 7) is 12.3. The predicted octanol–water partition coefficient (Wildman–Crippen LogP) is 2.74. The Morgan fingerprint density at radius 2 is 1.87 bits per heavy atom. The molecule has 1 rings (SSSR count). The molecule has 1 aromatic carbocycles. The Bertz CT molecular complexity index is 484. The number of guanidine groups is 1. The molecule has 130 valence electrons. The standard InChI is InChI=1S/C18H31N3O2/c1-7-19-17(21-13-18(4,5)22-6)20-12-15(3)23-16-10-8-14(2)9-11-16/h8-11,15H,7,12-13H2,1-6H3,(H2,19,20,21). The zero-order valence-corrected chi connectivity index (χ0v) is 15.3. The van der Waals surface area contributed by atoms with Crippen molar-refractivity contribution in [2.24, 2.45) is 4.99 Å². The maximum absolute atomic E-state index is 5.89. The molecule has 23 heavy (non-hydrogen) atoms. The third-order valence-electron chi connectivity index (χ3n) is 3.43. The first kappa shape index (κ1) is 19.3. The molecule has 1 unspecified atom stereocenters. The summed E-state index contributed by atoms with van der Waals surface area (Å²) in [6.07, 6.45) is 0.0389. The molecule has 0 heterocycles. The van der Waals surface area contributed by atoms with Crippen molar-refractivity contribution in [2.75, 3.05) is 26.7 Å². The van der Waals surface area contributed by atoms with E-state index in [9.17, 15) is 0 Å². The van der Waals surface area contributed by atoms with E-state index in [2.05, 4.69) is 22.5 Å². The van der Waals surface area contributed by atoms with Crippen molar-refractivity contribution < 1.29 is 9.47 Å². The lowest BCUT2D eigenvalue weighted by molar-refractivity contribution is 0.0310. The molecular formula is C18H31N3O2. The van der Waals surface area contributed by atoms with Gasteiger partial charge in [0.05, 0.1) is 18.7 Å². The van der Waals surface area contributed by atoms with Crippen LogP contribution in [0.15, 0.2) is 29.3 Å². The van der Waals surface area contributed by atoms with Gasteiger partial charge in [-0.05, 0) is 46.8 Å². The van der Waals surface area contributed by atoms with Gasteiger partial charge in [0, 0.05) is 13.7 Å². The minimum atomic E-state index is -0.271. The minimum Gasteiger partial charge on any atom is -0.489 e. The first-order chi connectivity index (χ1) is 10.9. The summed E-state index contributed by atoms with van der Waals surface area (Å²) < 4.78 is 11.3. The Labute approximate surface area is 140 Å². The molecule has 0 amide bonds. The number of aliphatic imine (C=N–C) groups is 1. The van der Waals surface area contributed by atoms with Crippen LogP contribution in [-0.4, -0.2) is 44.4 Å². The molecule has 1 atom stereocenters. The van der Waals surface area contributed by atoms with E-state index in [4.69, 9.17) is 9.47 Å². The first-order valence-electron chi connectivity index (χ1n) is 8.17. The molecule has 0 aliphatic carbocycles. The van der Waals surface area contributed by atoms with E-state index in [-0.39, 0.29) is 11.7 Å². The van der Waals surface area contributed by atoms with Gasteiger partial charge in [0.25, 0.3) is 0 Å². The first-order valence-corrected chi connectivity index (χ1v) is 8.17. The van der Waals surface area contributed by atoms with Gasteiger partial charge in [0.1, 0.15) is 11.9 Å². The third-order valence-corrected chi connectivity index (χ3v) is 3.43.